The minimum atomic E-state index is -5.15. The third kappa shape index (κ3) is 4.92. The molecular weight excluding hydrogens is 489 g/mol. The molecule has 1 aliphatic carbocycles. The number of halogens is 3. The molecule has 1 aromatic heterocycles. The fourth-order valence-electron chi connectivity index (χ4n) is 6.04. The second-order valence-electron chi connectivity index (χ2n) is 12.0. The maximum absolute atomic E-state index is 13.6. The molecule has 37 heavy (non-hydrogen) atoms. The van der Waals surface area contributed by atoms with Crippen molar-refractivity contribution in [2.75, 3.05) is 6.54 Å². The van der Waals surface area contributed by atoms with E-state index in [1.165, 1.54) is 4.90 Å². The Morgan fingerprint density at radius 2 is 1.92 bits per heavy atom. The lowest BCUT2D eigenvalue weighted by Gasteiger charge is -2.37. The summed E-state index contributed by atoms with van der Waals surface area (Å²) in [5, 5.41) is 18.7. The Morgan fingerprint density at radius 1 is 1.24 bits per heavy atom. The summed E-state index contributed by atoms with van der Waals surface area (Å²) >= 11 is 0. The number of nitrogens with one attached hydrogen (secondary N) is 2. The third-order valence-corrected chi connectivity index (χ3v) is 8.22. The van der Waals surface area contributed by atoms with Crippen LogP contribution in [0.4, 0.5) is 13.2 Å². The highest BCUT2D eigenvalue weighted by atomic mass is 19.4. The summed E-state index contributed by atoms with van der Waals surface area (Å²) in [6.45, 7) is 8.82. The van der Waals surface area contributed by atoms with Crippen LogP contribution in [-0.2, 0) is 20.8 Å². The first kappa shape index (κ1) is 26.9. The van der Waals surface area contributed by atoms with Gasteiger partial charge in [-0.15, -0.1) is 0 Å². The number of aromatic nitrogens is 2. The van der Waals surface area contributed by atoms with Gasteiger partial charge >= 0.3 is 12.1 Å². The van der Waals surface area contributed by atoms with E-state index in [1.54, 1.807) is 27.0 Å². The van der Waals surface area contributed by atoms with Gasteiger partial charge in [0.1, 0.15) is 18.1 Å². The lowest BCUT2D eigenvalue weighted by molar-refractivity contribution is -0.176. The number of hydrogen-bond donors (Lipinski definition) is 2. The van der Waals surface area contributed by atoms with Crippen LogP contribution in [0.15, 0.2) is 12.3 Å². The van der Waals surface area contributed by atoms with E-state index < -0.39 is 47.4 Å². The lowest BCUT2D eigenvalue weighted by Crippen LogP contribution is -2.61. The number of likely N-dealkylation sites (tertiary alicyclic amines) is 1. The molecule has 2 N–H and O–H groups in total. The number of aryl methyl sites for hydroxylation is 1. The van der Waals surface area contributed by atoms with E-state index in [4.69, 9.17) is 0 Å². The molecule has 3 aliphatic rings. The number of piperidine rings is 1. The van der Waals surface area contributed by atoms with Gasteiger partial charge < -0.3 is 15.5 Å². The van der Waals surface area contributed by atoms with E-state index in [0.29, 0.717) is 6.42 Å². The van der Waals surface area contributed by atoms with Crippen LogP contribution in [0.1, 0.15) is 59.2 Å². The van der Waals surface area contributed by atoms with Gasteiger partial charge in [-0.25, -0.2) is 0 Å². The van der Waals surface area contributed by atoms with Crippen molar-refractivity contribution < 1.29 is 27.6 Å². The van der Waals surface area contributed by atoms with Crippen LogP contribution in [0, 0.1) is 34.0 Å². The van der Waals surface area contributed by atoms with E-state index in [2.05, 4.69) is 16.5 Å². The van der Waals surface area contributed by atoms with Crippen molar-refractivity contribution in [2.24, 2.45) is 22.7 Å². The minimum absolute atomic E-state index is 0.00636. The standard InChI is InChI=1S/C25H33F3N6O3/c1-23(2,3)19(32-22(37)25(26,27)28)21(36)33-12-16-17(24(16,4)5)18(33)20(35)31-13(11-29)10-15-7-6-14-8-9-30-34(14)15/h8-9,13,15-19H,6-7,10,12H2,1-5H3,(H,31,35)(H,32,37)/t13?,15?,16-,17-,18-,19?/m0/s1. The van der Waals surface area contributed by atoms with E-state index in [1.807, 2.05) is 29.9 Å². The predicted octanol–water partition coefficient (Wildman–Crippen LogP) is 2.35. The number of carbonyl (C=O) groups excluding carboxylic acids is 3. The first-order chi connectivity index (χ1) is 17.1. The molecule has 1 saturated carbocycles. The monoisotopic (exact) mass is 522 g/mol. The van der Waals surface area contributed by atoms with Gasteiger partial charge in [-0.1, -0.05) is 34.6 Å². The van der Waals surface area contributed by atoms with Crippen molar-refractivity contribution in [3.05, 3.63) is 18.0 Å². The summed E-state index contributed by atoms with van der Waals surface area (Å²) in [6, 6.07) is 0.755. The fraction of sp³-hybridized carbons (Fsp3) is 0.720. The highest BCUT2D eigenvalue weighted by molar-refractivity contribution is 5.95. The Bertz CT molecular complexity index is 1130. The molecule has 2 aliphatic heterocycles. The summed E-state index contributed by atoms with van der Waals surface area (Å²) in [7, 11) is 0. The molecule has 4 rings (SSSR count). The van der Waals surface area contributed by atoms with Gasteiger partial charge in [0, 0.05) is 24.9 Å². The van der Waals surface area contributed by atoms with Gasteiger partial charge in [0.25, 0.3) is 0 Å². The van der Waals surface area contributed by atoms with Crippen LogP contribution in [0.5, 0.6) is 0 Å². The number of carbonyl (C=O) groups is 3. The molecule has 1 aromatic rings. The summed E-state index contributed by atoms with van der Waals surface area (Å²) in [5.74, 6) is -3.65. The lowest BCUT2D eigenvalue weighted by atomic mass is 9.85. The van der Waals surface area contributed by atoms with E-state index in [0.717, 1.165) is 18.5 Å². The Kier molecular flexibility index (Phi) is 6.57. The van der Waals surface area contributed by atoms with E-state index in [9.17, 15) is 32.8 Å². The van der Waals surface area contributed by atoms with Crippen LogP contribution in [0.2, 0.25) is 0 Å². The molecule has 0 radical (unpaired) electrons. The first-order valence-electron chi connectivity index (χ1n) is 12.5. The average molecular weight is 523 g/mol. The molecule has 3 amide bonds. The molecule has 202 valence electrons. The zero-order valence-electron chi connectivity index (χ0n) is 21.6. The molecule has 1 saturated heterocycles. The average Bonchev–Trinajstić information content (AvgIpc) is 3.29. The highest BCUT2D eigenvalue weighted by Gasteiger charge is 2.70. The second-order valence-corrected chi connectivity index (χ2v) is 12.0. The number of amides is 3. The van der Waals surface area contributed by atoms with Gasteiger partial charge in [0.15, 0.2) is 0 Å². The molecule has 2 fully saturated rings. The van der Waals surface area contributed by atoms with Crippen molar-refractivity contribution in [1.29, 1.82) is 5.26 Å². The second kappa shape index (κ2) is 9.03. The molecule has 0 bridgehead atoms. The fourth-order valence-corrected chi connectivity index (χ4v) is 6.04. The smallest absolute Gasteiger partial charge is 0.338 e. The van der Waals surface area contributed by atoms with E-state index in [-0.39, 0.29) is 29.8 Å². The van der Waals surface area contributed by atoms with Gasteiger partial charge in [0.2, 0.25) is 11.8 Å². The zero-order chi connectivity index (χ0) is 27.5. The predicted molar refractivity (Wildman–Crippen MR) is 125 cm³/mol. The molecule has 9 nitrogen and oxygen atoms in total. The zero-order valence-corrected chi connectivity index (χ0v) is 21.6. The van der Waals surface area contributed by atoms with Crippen LogP contribution in [-0.4, -0.2) is 63.2 Å². The number of fused-ring (bicyclic) bond motifs is 2. The van der Waals surface area contributed by atoms with Gasteiger partial charge in [0.05, 0.1) is 12.1 Å². The summed E-state index contributed by atoms with van der Waals surface area (Å²) < 4.78 is 40.9. The molecule has 0 aromatic carbocycles. The van der Waals surface area contributed by atoms with Crippen LogP contribution >= 0.6 is 0 Å². The Morgan fingerprint density at radius 3 is 2.51 bits per heavy atom. The number of rotatable bonds is 6. The molecule has 12 heteroatoms. The summed E-state index contributed by atoms with van der Waals surface area (Å²) in [6.07, 6.45) is -1.47. The molecule has 0 spiro atoms. The normalized spacial score (nSPS) is 27.5. The van der Waals surface area contributed by atoms with Crippen molar-refractivity contribution in [2.45, 2.75) is 84.2 Å². The van der Waals surface area contributed by atoms with Gasteiger partial charge in [-0.3, -0.25) is 19.1 Å². The molecule has 3 unspecified atom stereocenters. The third-order valence-electron chi connectivity index (χ3n) is 8.22. The van der Waals surface area contributed by atoms with Crippen molar-refractivity contribution in [1.82, 2.24) is 25.3 Å². The van der Waals surface area contributed by atoms with Crippen molar-refractivity contribution in [3.8, 4) is 6.07 Å². The topological polar surface area (TPSA) is 120 Å². The Hall–Kier alpha value is -3.10. The number of nitrogens with zero attached hydrogens (tertiary/aromatic N) is 4. The summed E-state index contributed by atoms with van der Waals surface area (Å²) in [5.41, 5.74) is -0.208. The Labute approximate surface area is 213 Å². The minimum Gasteiger partial charge on any atom is -0.338 e. The quantitative estimate of drug-likeness (QED) is 0.594. The van der Waals surface area contributed by atoms with Crippen molar-refractivity contribution in [3.63, 3.8) is 0 Å². The highest BCUT2D eigenvalue weighted by Crippen LogP contribution is 2.65. The number of nitriles is 1. The van der Waals surface area contributed by atoms with Gasteiger partial charge in [-0.05, 0) is 41.6 Å². The number of hydrogen-bond acceptors (Lipinski definition) is 5. The van der Waals surface area contributed by atoms with E-state index >= 15 is 0 Å². The number of alkyl halides is 3. The van der Waals surface area contributed by atoms with Crippen molar-refractivity contribution >= 4 is 17.7 Å². The maximum Gasteiger partial charge on any atom is 0.471 e. The molecule has 6 atom stereocenters. The largest absolute Gasteiger partial charge is 0.471 e. The molecule has 3 heterocycles. The SMILES string of the molecule is CC(C)(C)C(NC(=O)C(F)(F)F)C(=O)N1C[C@H]2[C@@H]([C@H]1C(=O)NC(C#N)CC1CCc3ccnn31)C2(C)C. The van der Waals surface area contributed by atoms with Gasteiger partial charge in [-0.2, -0.15) is 23.5 Å². The Balaban J connectivity index is 1.52. The van der Waals surface area contributed by atoms with Crippen LogP contribution < -0.4 is 10.6 Å². The van der Waals surface area contributed by atoms with Crippen LogP contribution in [0.3, 0.4) is 0 Å². The summed E-state index contributed by atoms with van der Waals surface area (Å²) in [4.78, 5) is 40.1. The molecular formula is C25H33F3N6O3. The first-order valence-corrected chi connectivity index (χ1v) is 12.5. The van der Waals surface area contributed by atoms with Crippen LogP contribution in [0.25, 0.3) is 0 Å². The maximum atomic E-state index is 13.6.